The largest absolute Gasteiger partial charge is 0.593 e. The molecular formula is C15H17N3O3S. The summed E-state index contributed by atoms with van der Waals surface area (Å²) in [5, 5.41) is 11.9. The van der Waals surface area contributed by atoms with Gasteiger partial charge in [0.2, 0.25) is 5.69 Å². The number of sulfonamides is 1. The maximum absolute atomic E-state index is 12.1. The number of anilines is 1. The summed E-state index contributed by atoms with van der Waals surface area (Å²) in [6, 6.07) is 12.6. The highest BCUT2D eigenvalue weighted by molar-refractivity contribution is 7.89. The van der Waals surface area contributed by atoms with Crippen molar-refractivity contribution in [1.82, 2.24) is 0 Å². The van der Waals surface area contributed by atoms with Crippen LogP contribution in [-0.4, -0.2) is 27.4 Å². The number of rotatable bonds is 4. The smallest absolute Gasteiger partial charge is 0.337 e. The summed E-state index contributed by atoms with van der Waals surface area (Å²) in [7, 11) is -0.280. The molecule has 0 amide bonds. The molecule has 0 bridgehead atoms. The van der Waals surface area contributed by atoms with Gasteiger partial charge in [-0.1, -0.05) is 17.7 Å². The molecule has 0 N–H and O–H groups in total. The fourth-order valence-electron chi connectivity index (χ4n) is 1.78. The van der Waals surface area contributed by atoms with Gasteiger partial charge in [-0.3, -0.25) is 0 Å². The van der Waals surface area contributed by atoms with Crippen LogP contribution in [0.2, 0.25) is 0 Å². The molecule has 2 aromatic rings. The zero-order valence-corrected chi connectivity index (χ0v) is 13.4. The van der Waals surface area contributed by atoms with Crippen LogP contribution in [-0.2, 0) is 10.0 Å². The zero-order valence-electron chi connectivity index (χ0n) is 12.6. The van der Waals surface area contributed by atoms with Gasteiger partial charge in [0.1, 0.15) is 4.52 Å². The molecule has 2 aromatic carbocycles. The van der Waals surface area contributed by atoms with E-state index in [2.05, 4.69) is 4.52 Å². The molecule has 0 heterocycles. The monoisotopic (exact) mass is 319 g/mol. The minimum atomic E-state index is -4.02. The molecule has 0 unspecified atom stereocenters. The molecule has 22 heavy (non-hydrogen) atoms. The summed E-state index contributed by atoms with van der Waals surface area (Å²) < 4.78 is 27.5. The highest BCUT2D eigenvalue weighted by Gasteiger charge is 2.18. The number of hydrogen-bond acceptors (Lipinski definition) is 4. The van der Waals surface area contributed by atoms with Crippen molar-refractivity contribution >= 4 is 21.4 Å². The predicted octanol–water partition coefficient (Wildman–Crippen LogP) is 3.04. The lowest BCUT2D eigenvalue weighted by Crippen LogP contribution is -2.08. The maximum atomic E-state index is 12.1. The first-order chi connectivity index (χ1) is 10.3. The van der Waals surface area contributed by atoms with E-state index in [-0.39, 0.29) is 15.4 Å². The molecule has 0 radical (unpaired) electrons. The highest BCUT2D eigenvalue weighted by atomic mass is 32.2. The van der Waals surface area contributed by atoms with Gasteiger partial charge in [0.25, 0.3) is 0 Å². The average Bonchev–Trinajstić information content (AvgIpc) is 2.47. The zero-order chi connectivity index (χ0) is 16.3. The highest BCUT2D eigenvalue weighted by Crippen LogP contribution is 2.20. The van der Waals surface area contributed by atoms with Crippen molar-refractivity contribution in [2.24, 2.45) is 4.52 Å². The Balaban J connectivity index is 2.32. The Hall–Kier alpha value is -2.41. The minimum Gasteiger partial charge on any atom is -0.593 e. The van der Waals surface area contributed by atoms with Gasteiger partial charge < -0.3 is 10.1 Å². The Morgan fingerprint density at radius 1 is 1.00 bits per heavy atom. The van der Waals surface area contributed by atoms with Crippen molar-refractivity contribution in [2.45, 2.75) is 11.8 Å². The maximum Gasteiger partial charge on any atom is 0.337 e. The second-order valence-corrected chi connectivity index (χ2v) is 6.64. The van der Waals surface area contributed by atoms with Crippen LogP contribution in [0.3, 0.4) is 0 Å². The van der Waals surface area contributed by atoms with Gasteiger partial charge in [-0.15, -0.1) is 0 Å². The fourth-order valence-corrected chi connectivity index (χ4v) is 2.64. The van der Waals surface area contributed by atoms with E-state index >= 15 is 0 Å². The molecular weight excluding hydrogens is 302 g/mol. The van der Waals surface area contributed by atoms with Gasteiger partial charge >= 0.3 is 10.0 Å². The first kappa shape index (κ1) is 16.0. The molecule has 0 atom stereocenters. The predicted molar refractivity (Wildman–Crippen MR) is 84.8 cm³/mol. The molecule has 0 spiro atoms. The third-order valence-corrected chi connectivity index (χ3v) is 4.32. The van der Waals surface area contributed by atoms with Gasteiger partial charge in [-0.2, -0.15) is 8.42 Å². The van der Waals surface area contributed by atoms with Crippen LogP contribution in [0.5, 0.6) is 0 Å². The van der Waals surface area contributed by atoms with Gasteiger partial charge in [0, 0.05) is 31.9 Å². The Kier molecular flexibility index (Phi) is 4.46. The van der Waals surface area contributed by atoms with Crippen LogP contribution in [0, 0.1) is 12.1 Å². The summed E-state index contributed by atoms with van der Waals surface area (Å²) in [5.41, 5.74) is 1.98. The Labute approximate surface area is 130 Å². The van der Waals surface area contributed by atoms with Crippen molar-refractivity contribution in [2.75, 3.05) is 19.0 Å². The molecule has 0 saturated carbocycles. The van der Waals surface area contributed by atoms with E-state index in [1.54, 1.807) is 24.3 Å². The quantitative estimate of drug-likeness (QED) is 0.493. The van der Waals surface area contributed by atoms with Crippen LogP contribution >= 0.6 is 0 Å². The van der Waals surface area contributed by atoms with Crippen LogP contribution in [0.4, 0.5) is 11.4 Å². The van der Waals surface area contributed by atoms with E-state index in [4.69, 9.17) is 0 Å². The van der Waals surface area contributed by atoms with E-state index in [1.165, 1.54) is 24.3 Å². The Bertz CT molecular complexity index is 780. The number of aryl methyl sites for hydroxylation is 1. The van der Waals surface area contributed by atoms with E-state index in [0.717, 1.165) is 11.3 Å². The number of benzene rings is 2. The topological polar surface area (TPSA) is 75.8 Å². The molecule has 2 rings (SSSR count). The lowest BCUT2D eigenvalue weighted by Gasteiger charge is -2.11. The van der Waals surface area contributed by atoms with Gasteiger partial charge in [-0.25, -0.2) is 0 Å². The van der Waals surface area contributed by atoms with Gasteiger partial charge in [0.15, 0.2) is 0 Å². The second kappa shape index (κ2) is 6.15. The van der Waals surface area contributed by atoms with Crippen molar-refractivity contribution in [1.29, 1.82) is 0 Å². The molecule has 0 fully saturated rings. The van der Waals surface area contributed by atoms with E-state index < -0.39 is 10.0 Å². The number of hydrogen-bond donors (Lipinski definition) is 0. The van der Waals surface area contributed by atoms with Crippen LogP contribution in [0.15, 0.2) is 57.9 Å². The normalized spacial score (nSPS) is 12.2. The molecule has 0 saturated heterocycles. The van der Waals surface area contributed by atoms with Crippen LogP contribution < -0.4 is 4.90 Å². The van der Waals surface area contributed by atoms with Crippen molar-refractivity contribution in [3.05, 3.63) is 59.3 Å². The van der Waals surface area contributed by atoms with Gasteiger partial charge in [-0.05, 0) is 36.0 Å². The summed E-state index contributed by atoms with van der Waals surface area (Å²) in [5.74, 6) is 0. The molecule has 6 nitrogen and oxygen atoms in total. The van der Waals surface area contributed by atoms with Crippen molar-refractivity contribution in [3.8, 4) is 0 Å². The molecule has 0 aliphatic heterocycles. The average molecular weight is 319 g/mol. The van der Waals surface area contributed by atoms with Crippen molar-refractivity contribution in [3.63, 3.8) is 0 Å². The van der Waals surface area contributed by atoms with Crippen LogP contribution in [0.25, 0.3) is 0 Å². The first-order valence-corrected chi connectivity index (χ1v) is 8.03. The molecule has 0 aromatic heterocycles. The van der Waals surface area contributed by atoms with Crippen LogP contribution in [0.1, 0.15) is 5.56 Å². The minimum absolute atomic E-state index is 0.0103. The number of nitrogens with zero attached hydrogens (tertiary/aromatic N) is 3. The lowest BCUT2D eigenvalue weighted by molar-refractivity contribution is -0.430. The summed E-state index contributed by atoms with van der Waals surface area (Å²) in [6.45, 7) is 1.85. The third-order valence-electron chi connectivity index (χ3n) is 3.09. The van der Waals surface area contributed by atoms with E-state index in [1.807, 2.05) is 25.9 Å². The standard InChI is InChI=1S/C15H17N3O3S/c1-12-4-10-15(11-5-12)22(20,21)16-18(19)14-8-6-13(7-9-14)17(2)3/h4-11H,1-3H3. The second-order valence-electron chi connectivity index (χ2n) is 5.05. The fraction of sp³-hybridized carbons (Fsp3) is 0.200. The molecule has 0 aliphatic rings. The lowest BCUT2D eigenvalue weighted by atomic mass is 10.2. The molecule has 116 valence electrons. The molecule has 0 aliphatic carbocycles. The summed E-state index contributed by atoms with van der Waals surface area (Å²) in [6.07, 6.45) is 0. The first-order valence-electron chi connectivity index (χ1n) is 6.59. The third kappa shape index (κ3) is 3.62. The van der Waals surface area contributed by atoms with Crippen molar-refractivity contribution < 1.29 is 13.3 Å². The summed E-state index contributed by atoms with van der Waals surface area (Å²) >= 11 is 0. The SMILES string of the molecule is Cc1ccc(S(=O)(=O)N=[N+]([O-])c2ccc(N(C)C)cc2)cc1. The Morgan fingerprint density at radius 3 is 2.05 bits per heavy atom. The van der Waals surface area contributed by atoms with Gasteiger partial charge in [0.05, 0.1) is 4.90 Å². The Morgan fingerprint density at radius 2 is 1.55 bits per heavy atom. The molecule has 7 heteroatoms. The van der Waals surface area contributed by atoms with E-state index in [9.17, 15) is 13.6 Å². The van der Waals surface area contributed by atoms with E-state index in [0.29, 0.717) is 0 Å². The summed E-state index contributed by atoms with van der Waals surface area (Å²) in [4.78, 5) is 1.98.